The van der Waals surface area contributed by atoms with Gasteiger partial charge in [0, 0.05) is 42.8 Å². The van der Waals surface area contributed by atoms with E-state index in [9.17, 15) is 0 Å². The molecular weight excluding hydrogens is 302 g/mol. The Bertz CT molecular complexity index is 988. The van der Waals surface area contributed by atoms with E-state index < -0.39 is 0 Å². The minimum atomic E-state index is 0.554. The van der Waals surface area contributed by atoms with E-state index in [1.165, 1.54) is 5.56 Å². The molecule has 6 heteroatoms. The molecule has 0 amide bonds. The zero-order chi connectivity index (χ0) is 16.5. The number of fused-ring (bicyclic) bond motifs is 1. The highest BCUT2D eigenvalue weighted by Crippen LogP contribution is 2.31. The fourth-order valence-electron chi connectivity index (χ4n) is 2.92. The van der Waals surface area contributed by atoms with Crippen LogP contribution in [0.4, 0.5) is 0 Å². The number of rotatable bonds is 4. The third kappa shape index (κ3) is 2.37. The van der Waals surface area contributed by atoms with Crippen LogP contribution in [0.15, 0.2) is 43.0 Å². The average Bonchev–Trinajstić information content (AvgIpc) is 3.25. The minimum absolute atomic E-state index is 0.554. The van der Waals surface area contributed by atoms with Gasteiger partial charge in [0.15, 0.2) is 5.82 Å². The lowest BCUT2D eigenvalue weighted by atomic mass is 9.98. The third-order valence-corrected chi connectivity index (χ3v) is 4.22. The van der Waals surface area contributed by atoms with E-state index in [1.807, 2.05) is 18.5 Å². The van der Waals surface area contributed by atoms with Crippen molar-refractivity contribution in [3.05, 3.63) is 54.1 Å². The lowest BCUT2D eigenvalue weighted by molar-refractivity contribution is 0.184. The van der Waals surface area contributed by atoms with Gasteiger partial charge in [-0.15, -0.1) is 0 Å². The number of methoxy groups -OCH3 is 1. The number of imidazole rings is 1. The number of nitrogens with one attached hydrogen (secondary N) is 2. The summed E-state index contributed by atoms with van der Waals surface area (Å²) in [6.45, 7) is 2.65. The van der Waals surface area contributed by atoms with Gasteiger partial charge < -0.3 is 9.72 Å². The first-order valence-electron chi connectivity index (χ1n) is 7.68. The SMILES string of the molecule is COCc1cncc(-c2ccc3[nH]nc(-c4ncc[nH]4)c3c2)c1C. The highest BCUT2D eigenvalue weighted by Gasteiger charge is 2.13. The summed E-state index contributed by atoms with van der Waals surface area (Å²) in [6.07, 6.45) is 7.26. The molecule has 0 fully saturated rings. The molecule has 120 valence electrons. The molecule has 3 aromatic heterocycles. The Kier molecular flexibility index (Phi) is 3.59. The van der Waals surface area contributed by atoms with E-state index in [1.54, 1.807) is 19.5 Å². The first-order valence-corrected chi connectivity index (χ1v) is 7.68. The van der Waals surface area contributed by atoms with Crippen molar-refractivity contribution in [3.63, 3.8) is 0 Å². The molecule has 0 bridgehead atoms. The van der Waals surface area contributed by atoms with Gasteiger partial charge in [0.05, 0.1) is 12.1 Å². The lowest BCUT2D eigenvalue weighted by Gasteiger charge is -2.10. The summed E-state index contributed by atoms with van der Waals surface area (Å²) >= 11 is 0. The maximum absolute atomic E-state index is 5.26. The maximum Gasteiger partial charge on any atom is 0.158 e. The number of H-pyrrole nitrogens is 2. The largest absolute Gasteiger partial charge is 0.380 e. The summed E-state index contributed by atoms with van der Waals surface area (Å²) in [4.78, 5) is 11.8. The van der Waals surface area contributed by atoms with Crippen LogP contribution in [0.3, 0.4) is 0 Å². The molecule has 0 saturated heterocycles. The van der Waals surface area contributed by atoms with Gasteiger partial charge in [-0.25, -0.2) is 4.98 Å². The Morgan fingerprint density at radius 1 is 1.21 bits per heavy atom. The summed E-state index contributed by atoms with van der Waals surface area (Å²) in [6, 6.07) is 6.23. The number of pyridine rings is 1. The van der Waals surface area contributed by atoms with Gasteiger partial charge in [-0.3, -0.25) is 10.1 Å². The van der Waals surface area contributed by atoms with Crippen LogP contribution >= 0.6 is 0 Å². The molecule has 0 atom stereocenters. The number of hydrogen-bond acceptors (Lipinski definition) is 4. The Hall–Kier alpha value is -2.99. The lowest BCUT2D eigenvalue weighted by Crippen LogP contribution is -1.96. The van der Waals surface area contributed by atoms with Crippen LogP contribution in [0.2, 0.25) is 0 Å². The first-order chi connectivity index (χ1) is 11.8. The van der Waals surface area contributed by atoms with E-state index in [2.05, 4.69) is 44.2 Å². The molecule has 6 nitrogen and oxygen atoms in total. The van der Waals surface area contributed by atoms with Crippen molar-refractivity contribution in [2.75, 3.05) is 7.11 Å². The Morgan fingerprint density at radius 2 is 2.12 bits per heavy atom. The van der Waals surface area contributed by atoms with Crippen molar-refractivity contribution in [2.45, 2.75) is 13.5 Å². The number of ether oxygens (including phenoxy) is 1. The molecule has 0 aliphatic heterocycles. The second kappa shape index (κ2) is 5.90. The van der Waals surface area contributed by atoms with Crippen molar-refractivity contribution in [2.24, 2.45) is 0 Å². The van der Waals surface area contributed by atoms with Crippen molar-refractivity contribution >= 4 is 10.9 Å². The molecule has 24 heavy (non-hydrogen) atoms. The van der Waals surface area contributed by atoms with Crippen LogP contribution in [0.5, 0.6) is 0 Å². The number of aromatic nitrogens is 5. The van der Waals surface area contributed by atoms with E-state index >= 15 is 0 Å². The highest BCUT2D eigenvalue weighted by atomic mass is 16.5. The molecule has 1 aromatic carbocycles. The smallest absolute Gasteiger partial charge is 0.158 e. The summed E-state index contributed by atoms with van der Waals surface area (Å²) in [7, 11) is 1.69. The monoisotopic (exact) mass is 319 g/mol. The normalized spacial score (nSPS) is 11.2. The molecule has 0 unspecified atom stereocenters. The van der Waals surface area contributed by atoms with Crippen LogP contribution in [0.25, 0.3) is 33.5 Å². The summed E-state index contributed by atoms with van der Waals surface area (Å²) in [5.74, 6) is 0.751. The van der Waals surface area contributed by atoms with Crippen molar-refractivity contribution in [1.82, 2.24) is 25.1 Å². The fraction of sp³-hybridized carbons (Fsp3) is 0.167. The zero-order valence-corrected chi connectivity index (χ0v) is 13.5. The van der Waals surface area contributed by atoms with Gasteiger partial charge in [0.25, 0.3) is 0 Å². The maximum atomic E-state index is 5.26. The molecule has 2 N–H and O–H groups in total. The van der Waals surface area contributed by atoms with E-state index in [0.717, 1.165) is 39.1 Å². The Balaban J connectivity index is 1.87. The number of hydrogen-bond donors (Lipinski definition) is 2. The number of aromatic amines is 2. The molecule has 0 radical (unpaired) electrons. The predicted octanol–water partition coefficient (Wildman–Crippen LogP) is 3.47. The van der Waals surface area contributed by atoms with Crippen LogP contribution in [-0.4, -0.2) is 32.3 Å². The summed E-state index contributed by atoms with van der Waals surface area (Å²) < 4.78 is 5.26. The van der Waals surface area contributed by atoms with E-state index in [0.29, 0.717) is 6.61 Å². The van der Waals surface area contributed by atoms with Crippen molar-refractivity contribution in [1.29, 1.82) is 0 Å². The third-order valence-electron chi connectivity index (χ3n) is 4.22. The zero-order valence-electron chi connectivity index (χ0n) is 13.5. The topological polar surface area (TPSA) is 79.5 Å². The quantitative estimate of drug-likeness (QED) is 0.603. The van der Waals surface area contributed by atoms with Crippen LogP contribution in [-0.2, 0) is 11.3 Å². The van der Waals surface area contributed by atoms with Crippen molar-refractivity contribution < 1.29 is 4.74 Å². The van der Waals surface area contributed by atoms with Gasteiger partial charge in [-0.1, -0.05) is 6.07 Å². The molecule has 0 spiro atoms. The average molecular weight is 319 g/mol. The first kappa shape index (κ1) is 14.6. The second-order valence-electron chi connectivity index (χ2n) is 5.67. The fourth-order valence-corrected chi connectivity index (χ4v) is 2.92. The Labute approximate surface area is 138 Å². The standard InChI is InChI=1S/C18H17N5O/c1-11-13(10-24-2)8-19-9-15(11)12-3-4-16-14(7-12)17(23-22-16)18-20-5-6-21-18/h3-9H,10H2,1-2H3,(H,20,21)(H,22,23). The van der Waals surface area contributed by atoms with E-state index in [-0.39, 0.29) is 0 Å². The van der Waals surface area contributed by atoms with Gasteiger partial charge in [-0.2, -0.15) is 5.10 Å². The summed E-state index contributed by atoms with van der Waals surface area (Å²) in [5.41, 5.74) is 6.25. The molecule has 4 aromatic rings. The molecule has 0 aliphatic carbocycles. The van der Waals surface area contributed by atoms with Gasteiger partial charge in [-0.05, 0) is 35.7 Å². The predicted molar refractivity (Wildman–Crippen MR) is 92.4 cm³/mol. The second-order valence-corrected chi connectivity index (χ2v) is 5.67. The van der Waals surface area contributed by atoms with E-state index in [4.69, 9.17) is 4.74 Å². The van der Waals surface area contributed by atoms with Crippen LogP contribution in [0, 0.1) is 6.92 Å². The Morgan fingerprint density at radius 3 is 2.92 bits per heavy atom. The molecular formula is C18H17N5O. The van der Waals surface area contributed by atoms with Crippen molar-refractivity contribution in [3.8, 4) is 22.6 Å². The highest BCUT2D eigenvalue weighted by molar-refractivity contribution is 5.94. The van der Waals surface area contributed by atoms with Gasteiger partial charge in [0.2, 0.25) is 0 Å². The minimum Gasteiger partial charge on any atom is -0.380 e. The molecule has 4 rings (SSSR count). The van der Waals surface area contributed by atoms with Crippen LogP contribution < -0.4 is 0 Å². The number of benzene rings is 1. The molecule has 0 aliphatic rings. The summed E-state index contributed by atoms with van der Waals surface area (Å²) in [5, 5.41) is 8.47. The van der Waals surface area contributed by atoms with Gasteiger partial charge >= 0.3 is 0 Å². The number of nitrogens with zero attached hydrogens (tertiary/aromatic N) is 3. The van der Waals surface area contributed by atoms with Crippen LogP contribution in [0.1, 0.15) is 11.1 Å². The molecule has 3 heterocycles. The molecule has 0 saturated carbocycles. The van der Waals surface area contributed by atoms with Gasteiger partial charge in [0.1, 0.15) is 5.69 Å².